The molecule has 20 N–H and O–H groups in total. The summed E-state index contributed by atoms with van der Waals surface area (Å²) >= 11 is 0. The molecule has 0 saturated heterocycles. The molecule has 0 rings (SSSR count). The predicted octanol–water partition coefficient (Wildman–Crippen LogP) is -5.90. The molecule has 0 aromatic carbocycles. The number of carbonyl (C=O) groups is 1. The highest BCUT2D eigenvalue weighted by Crippen LogP contribution is 2.74. The van der Waals surface area contributed by atoms with E-state index in [0.717, 1.165) is 0 Å². The summed E-state index contributed by atoms with van der Waals surface area (Å²) in [5.74, 6) is -2.90. The summed E-state index contributed by atoms with van der Waals surface area (Å²) < 4.78 is 5.60. The first-order chi connectivity index (χ1) is 30.2. The molecule has 12 atom stereocenters. The highest BCUT2D eigenvalue weighted by molar-refractivity contribution is 5.79. The molecule has 0 bridgehead atoms. The fraction of sp³-hybridized carbons (Fsp3) is 0.976. The molecule has 0 heterocycles. The van der Waals surface area contributed by atoms with E-state index in [9.17, 15) is 102 Å². The molecular formula is C42H84O22. The second-order valence-electron chi connectivity index (χ2n) is 17.8. The molecule has 0 aliphatic carbocycles. The van der Waals surface area contributed by atoms with E-state index in [2.05, 4.69) is 0 Å². The van der Waals surface area contributed by atoms with Crippen LogP contribution in [0.1, 0.15) is 96.8 Å². The summed E-state index contributed by atoms with van der Waals surface area (Å²) in [7, 11) is 0. The summed E-state index contributed by atoms with van der Waals surface area (Å²) in [4.78, 5) is 15.5. The van der Waals surface area contributed by atoms with E-state index in [4.69, 9.17) is 4.74 Å². The lowest BCUT2D eigenvalue weighted by molar-refractivity contribution is -0.270. The highest BCUT2D eigenvalue weighted by atomic mass is 16.5. The van der Waals surface area contributed by atoms with Crippen molar-refractivity contribution in [2.24, 2.45) is 27.6 Å². The minimum Gasteiger partial charge on any atom is -0.462 e. The van der Waals surface area contributed by atoms with Gasteiger partial charge in [-0.15, -0.1) is 0 Å². The van der Waals surface area contributed by atoms with Gasteiger partial charge in [0.2, 0.25) is 0 Å². The van der Waals surface area contributed by atoms with Gasteiger partial charge in [-0.25, -0.2) is 0 Å². The second-order valence-corrected chi connectivity index (χ2v) is 17.8. The van der Waals surface area contributed by atoms with Crippen molar-refractivity contribution in [1.29, 1.82) is 0 Å². The molecule has 0 spiro atoms. The Hall–Kier alpha value is -1.33. The Kier molecular flexibility index (Phi) is 31.0. The quantitative estimate of drug-likeness (QED) is 0.0201. The zero-order valence-corrected chi connectivity index (χ0v) is 37.3. The normalized spacial score (nSPS) is 19.1. The third kappa shape index (κ3) is 17.0. The molecule has 22 nitrogen and oxygen atoms in total. The summed E-state index contributed by atoms with van der Waals surface area (Å²) in [6, 6.07) is 0. The van der Waals surface area contributed by atoms with Crippen molar-refractivity contribution in [2.75, 3.05) is 72.7 Å². The van der Waals surface area contributed by atoms with Crippen molar-refractivity contribution >= 4 is 5.97 Å². The van der Waals surface area contributed by atoms with Crippen LogP contribution < -0.4 is 0 Å². The smallest absolute Gasteiger partial charge is 0.312 e. The summed E-state index contributed by atoms with van der Waals surface area (Å²) in [6.45, 7) is -10.3. The third-order valence-electron chi connectivity index (χ3n) is 13.1. The van der Waals surface area contributed by atoms with Crippen LogP contribution in [0.15, 0.2) is 0 Å². The van der Waals surface area contributed by atoms with E-state index in [1.165, 1.54) is 0 Å². The molecule has 1 unspecified atom stereocenters. The number of esters is 1. The number of rotatable bonds is 40. The average molecular weight is 941 g/mol. The molecule has 0 amide bonds. The Morgan fingerprint density at radius 2 is 0.734 bits per heavy atom. The zero-order valence-electron chi connectivity index (χ0n) is 37.3. The highest BCUT2D eigenvalue weighted by Gasteiger charge is 2.74. The number of hydrogen-bond acceptors (Lipinski definition) is 22. The Morgan fingerprint density at radius 1 is 0.406 bits per heavy atom. The molecule has 384 valence electrons. The summed E-state index contributed by atoms with van der Waals surface area (Å²) in [6.07, 6.45) is -26.5. The van der Waals surface area contributed by atoms with Crippen LogP contribution in [0.25, 0.3) is 0 Å². The molecule has 64 heavy (non-hydrogen) atoms. The maximum Gasteiger partial charge on any atom is 0.312 e. The summed E-state index contributed by atoms with van der Waals surface area (Å²) in [5, 5.41) is 221. The minimum absolute atomic E-state index is 0.0700. The zero-order chi connectivity index (χ0) is 49.3. The van der Waals surface area contributed by atoms with Crippen LogP contribution in [0, 0.1) is 27.6 Å². The lowest BCUT2D eigenvalue weighted by Gasteiger charge is -2.70. The van der Waals surface area contributed by atoms with Gasteiger partial charge in [-0.2, -0.15) is 0 Å². The number of ether oxygens (including phenoxy) is 1. The van der Waals surface area contributed by atoms with Gasteiger partial charge in [0, 0.05) is 0 Å². The van der Waals surface area contributed by atoms with Gasteiger partial charge in [0.1, 0.15) is 12.7 Å². The minimum atomic E-state index is -2.94. The Bertz CT molecular complexity index is 1150. The molecule has 0 fully saturated rings. The van der Waals surface area contributed by atoms with Crippen LogP contribution in [0.2, 0.25) is 0 Å². The first-order valence-electron chi connectivity index (χ1n) is 22.2. The molecular weight excluding hydrogens is 856 g/mol. The van der Waals surface area contributed by atoms with Gasteiger partial charge in [-0.1, -0.05) is 32.6 Å². The van der Waals surface area contributed by atoms with Crippen LogP contribution in [0.3, 0.4) is 0 Å². The van der Waals surface area contributed by atoms with Crippen LogP contribution in [-0.2, 0) is 9.53 Å². The van der Waals surface area contributed by atoms with Crippen molar-refractivity contribution in [3.05, 3.63) is 0 Å². The molecule has 0 aliphatic heterocycles. The standard InChI is InChI=1S/C42H84O22/c1-2-3-4-5-6-27(7-28(53)16-43)39(8-29(54)17-44,9-30(55)18-45)41(12-33(58)21-48,13-34(59)22-49)42(14-35(60)23-50,15-36(61)24-51)40(10-31(56)19-46,11-32(57)20-47)38(63)64-26-37(62)25-52/h27-37,43-62H,2-26H2,1H3/t27-,28+,29+,30+,31-,32+,33+,34+,35+,36+,37-,40?/m1/s1. The SMILES string of the molecule is CCCCCC[C@H](C[C@H](O)CO)C(C[C@H](O)CO)(C[C@H](O)CO)C(C[C@H](O)CO)(C[C@H](O)CO)C(C[C@H](O)CO)(C[C@H](O)CO)C(C[C@H](O)CO)(C[C@@H](O)CO)C(=O)OC[C@H](O)CO. The molecule has 0 aromatic heterocycles. The van der Waals surface area contributed by atoms with Crippen molar-refractivity contribution in [1.82, 2.24) is 0 Å². The average Bonchev–Trinajstić information content (AvgIpc) is 3.29. The number of unbranched alkanes of at least 4 members (excludes halogenated alkanes) is 3. The van der Waals surface area contributed by atoms with E-state index in [1.807, 2.05) is 6.92 Å². The molecule has 0 saturated carbocycles. The number of aliphatic hydroxyl groups excluding tert-OH is 20. The first kappa shape index (κ1) is 62.7. The Labute approximate surface area is 375 Å². The molecule has 0 radical (unpaired) electrons. The lowest BCUT2D eigenvalue weighted by atomic mass is 9.33. The van der Waals surface area contributed by atoms with Gasteiger partial charge in [0.15, 0.2) is 0 Å². The van der Waals surface area contributed by atoms with E-state index in [-0.39, 0.29) is 12.8 Å². The van der Waals surface area contributed by atoms with Crippen molar-refractivity contribution in [3.8, 4) is 0 Å². The van der Waals surface area contributed by atoms with Crippen LogP contribution in [0.5, 0.6) is 0 Å². The van der Waals surface area contributed by atoms with E-state index in [0.29, 0.717) is 19.3 Å². The van der Waals surface area contributed by atoms with Gasteiger partial charge in [0.05, 0.1) is 126 Å². The van der Waals surface area contributed by atoms with Gasteiger partial charge >= 0.3 is 5.97 Å². The lowest BCUT2D eigenvalue weighted by Crippen LogP contribution is -2.70. The third-order valence-corrected chi connectivity index (χ3v) is 13.1. The fourth-order valence-corrected chi connectivity index (χ4v) is 10.7. The van der Waals surface area contributed by atoms with Crippen LogP contribution >= 0.6 is 0 Å². The molecule has 0 aliphatic rings. The van der Waals surface area contributed by atoms with E-state index >= 15 is 4.79 Å². The Morgan fingerprint density at radius 3 is 1.08 bits per heavy atom. The topological polar surface area (TPSA) is 431 Å². The van der Waals surface area contributed by atoms with Crippen LogP contribution in [0.4, 0.5) is 0 Å². The largest absolute Gasteiger partial charge is 0.462 e. The summed E-state index contributed by atoms with van der Waals surface area (Å²) in [5.41, 5.74) is -10.8. The van der Waals surface area contributed by atoms with Gasteiger partial charge < -0.3 is 107 Å². The molecule has 0 aromatic rings. The second kappa shape index (κ2) is 31.7. The van der Waals surface area contributed by atoms with Gasteiger partial charge in [-0.05, 0) is 86.4 Å². The van der Waals surface area contributed by atoms with E-state index in [1.54, 1.807) is 0 Å². The van der Waals surface area contributed by atoms with Gasteiger partial charge in [0.25, 0.3) is 0 Å². The fourth-order valence-electron chi connectivity index (χ4n) is 10.7. The van der Waals surface area contributed by atoms with E-state index < -0.39 is 225 Å². The number of carbonyl (C=O) groups excluding carboxylic acids is 1. The maximum atomic E-state index is 15.5. The first-order valence-corrected chi connectivity index (χ1v) is 22.2. The van der Waals surface area contributed by atoms with Crippen molar-refractivity contribution in [2.45, 2.75) is 158 Å². The maximum absolute atomic E-state index is 15.5. The number of hydrogen-bond donors (Lipinski definition) is 20. The molecule has 22 heteroatoms. The predicted molar refractivity (Wildman–Crippen MR) is 225 cm³/mol. The van der Waals surface area contributed by atoms with Crippen LogP contribution in [-0.4, -0.2) is 242 Å². The number of aliphatic hydroxyl groups is 20. The van der Waals surface area contributed by atoms with Crippen molar-refractivity contribution in [3.63, 3.8) is 0 Å². The van der Waals surface area contributed by atoms with Gasteiger partial charge in [-0.3, -0.25) is 4.79 Å². The monoisotopic (exact) mass is 941 g/mol. The Balaban J connectivity index is 10.6. The van der Waals surface area contributed by atoms with Crippen molar-refractivity contribution < 1.29 is 112 Å².